The Labute approximate surface area is 151 Å². The highest BCUT2D eigenvalue weighted by atomic mass is 35.5. The summed E-state index contributed by atoms with van der Waals surface area (Å²) in [5.74, 6) is -0.693. The van der Waals surface area contributed by atoms with Crippen LogP contribution in [0.4, 0.5) is 23.4 Å². The van der Waals surface area contributed by atoms with Crippen molar-refractivity contribution in [2.75, 3.05) is 38.1 Å². The number of halogens is 5. The molecule has 0 aliphatic carbocycles. The minimum atomic E-state index is -4.68. The molecule has 140 valence electrons. The van der Waals surface area contributed by atoms with Gasteiger partial charge in [0.2, 0.25) is 5.65 Å². The molecule has 1 fully saturated rings. The lowest BCUT2D eigenvalue weighted by atomic mass is 10.1. The monoisotopic (exact) mass is 391 g/mol. The average Bonchev–Trinajstić information content (AvgIpc) is 3.04. The minimum Gasteiger partial charge on any atom is -0.351 e. The van der Waals surface area contributed by atoms with Crippen LogP contribution in [0.2, 0.25) is 0 Å². The number of benzene rings is 1. The lowest BCUT2D eigenvalue weighted by molar-refractivity contribution is -0.137. The predicted molar refractivity (Wildman–Crippen MR) is 88.0 cm³/mol. The van der Waals surface area contributed by atoms with E-state index in [4.69, 9.17) is 0 Å². The zero-order chi connectivity index (χ0) is 17.8. The zero-order valence-corrected chi connectivity index (χ0v) is 14.4. The van der Waals surface area contributed by atoms with Gasteiger partial charge in [-0.1, -0.05) is 0 Å². The average molecular weight is 392 g/mol. The van der Waals surface area contributed by atoms with E-state index in [9.17, 15) is 17.6 Å². The Hall–Kier alpha value is -2.27. The van der Waals surface area contributed by atoms with Crippen LogP contribution < -0.4 is 4.90 Å². The van der Waals surface area contributed by atoms with Gasteiger partial charge in [-0.3, -0.25) is 0 Å². The summed E-state index contributed by atoms with van der Waals surface area (Å²) in [7, 11) is 1.98. The van der Waals surface area contributed by atoms with Crippen LogP contribution in [-0.4, -0.2) is 63.2 Å². The molecule has 1 saturated heterocycles. The molecule has 12 heteroatoms. The lowest BCUT2D eigenvalue weighted by Crippen LogP contribution is -2.45. The van der Waals surface area contributed by atoms with Gasteiger partial charge in [0.1, 0.15) is 5.52 Å². The largest absolute Gasteiger partial charge is 0.416 e. The number of anilines is 1. The van der Waals surface area contributed by atoms with E-state index in [2.05, 4.69) is 25.4 Å². The van der Waals surface area contributed by atoms with Gasteiger partial charge in [-0.25, -0.2) is 9.37 Å². The molecule has 3 heterocycles. The van der Waals surface area contributed by atoms with Gasteiger partial charge in [-0.2, -0.15) is 17.7 Å². The first-order valence-corrected chi connectivity index (χ1v) is 7.56. The summed E-state index contributed by atoms with van der Waals surface area (Å²) in [5.41, 5.74) is -1.22. The van der Waals surface area contributed by atoms with Crippen LogP contribution >= 0.6 is 12.4 Å². The van der Waals surface area contributed by atoms with Crippen molar-refractivity contribution in [2.24, 2.45) is 0 Å². The third-order valence-corrected chi connectivity index (χ3v) is 4.29. The molecule has 7 nitrogen and oxygen atoms in total. The second kappa shape index (κ2) is 6.47. The number of fused-ring (bicyclic) bond motifs is 3. The van der Waals surface area contributed by atoms with Crippen LogP contribution in [0.3, 0.4) is 0 Å². The number of likely N-dealkylation sites (N-methyl/N-ethyl adjacent to an activating group) is 1. The second-order valence-corrected chi connectivity index (χ2v) is 5.96. The minimum absolute atomic E-state index is 0. The van der Waals surface area contributed by atoms with E-state index in [-0.39, 0.29) is 29.1 Å². The van der Waals surface area contributed by atoms with Crippen molar-refractivity contribution in [1.29, 1.82) is 0 Å². The van der Waals surface area contributed by atoms with E-state index >= 15 is 0 Å². The number of hydrogen-bond donors (Lipinski definition) is 0. The number of aromatic nitrogens is 5. The maximum absolute atomic E-state index is 14.3. The molecule has 0 N–H and O–H groups in total. The summed E-state index contributed by atoms with van der Waals surface area (Å²) < 4.78 is 54.4. The Bertz CT molecular complexity index is 950. The molecule has 0 spiro atoms. The fourth-order valence-corrected chi connectivity index (χ4v) is 2.90. The van der Waals surface area contributed by atoms with E-state index in [0.29, 0.717) is 25.0 Å². The van der Waals surface area contributed by atoms with Crippen LogP contribution in [0.5, 0.6) is 0 Å². The summed E-state index contributed by atoms with van der Waals surface area (Å²) in [6, 6.07) is 1.25. The zero-order valence-electron chi connectivity index (χ0n) is 13.5. The summed E-state index contributed by atoms with van der Waals surface area (Å²) in [4.78, 5) is 8.29. The normalized spacial score (nSPS) is 16.3. The Balaban J connectivity index is 0.00000196. The van der Waals surface area contributed by atoms with E-state index < -0.39 is 17.6 Å². The maximum atomic E-state index is 14.3. The van der Waals surface area contributed by atoms with Crippen LogP contribution in [0.15, 0.2) is 12.1 Å². The summed E-state index contributed by atoms with van der Waals surface area (Å²) >= 11 is 0. The van der Waals surface area contributed by atoms with E-state index in [1.807, 2.05) is 11.9 Å². The number of alkyl halides is 3. The highest BCUT2D eigenvalue weighted by Crippen LogP contribution is 2.33. The van der Waals surface area contributed by atoms with Crippen LogP contribution in [0, 0.1) is 5.82 Å². The van der Waals surface area contributed by atoms with Gasteiger partial charge in [0.15, 0.2) is 11.6 Å². The molecule has 1 aliphatic heterocycles. The third kappa shape index (κ3) is 3.01. The van der Waals surface area contributed by atoms with Crippen molar-refractivity contribution in [3.63, 3.8) is 0 Å². The second-order valence-electron chi connectivity index (χ2n) is 5.96. The molecule has 0 saturated carbocycles. The number of nitrogens with zero attached hydrogens (tertiary/aromatic N) is 7. The molecule has 0 unspecified atom stereocenters. The Morgan fingerprint density at radius 3 is 2.42 bits per heavy atom. The van der Waals surface area contributed by atoms with Crippen molar-refractivity contribution in [3.8, 4) is 0 Å². The summed E-state index contributed by atoms with van der Waals surface area (Å²) in [6.07, 6.45) is -4.68. The molecule has 0 bridgehead atoms. The SMILES string of the molecule is CN1CCN(c2nc3c(F)cc(C(F)(F)F)cc3n3nnnc23)CC1.Cl. The molecule has 0 radical (unpaired) electrons. The summed E-state index contributed by atoms with van der Waals surface area (Å²) in [5, 5.41) is 11.1. The first-order chi connectivity index (χ1) is 11.8. The highest BCUT2D eigenvalue weighted by Gasteiger charge is 2.33. The molecule has 1 aromatic carbocycles. The van der Waals surface area contributed by atoms with Crippen molar-refractivity contribution in [2.45, 2.75) is 6.18 Å². The molecule has 4 rings (SSSR count). The molecule has 0 atom stereocenters. The molecule has 2 aromatic heterocycles. The highest BCUT2D eigenvalue weighted by molar-refractivity contribution is 5.85. The van der Waals surface area contributed by atoms with Gasteiger partial charge in [-0.15, -0.1) is 17.5 Å². The van der Waals surface area contributed by atoms with Crippen molar-refractivity contribution < 1.29 is 17.6 Å². The van der Waals surface area contributed by atoms with Crippen LogP contribution in [0.1, 0.15) is 5.56 Å². The predicted octanol–water partition coefficient (Wildman–Crippen LogP) is 2.00. The van der Waals surface area contributed by atoms with Gasteiger partial charge >= 0.3 is 6.18 Å². The Kier molecular flexibility index (Phi) is 4.61. The fourth-order valence-electron chi connectivity index (χ4n) is 2.90. The molecule has 0 amide bonds. The quantitative estimate of drug-likeness (QED) is 0.591. The Morgan fingerprint density at radius 1 is 1.08 bits per heavy atom. The molecule has 1 aliphatic rings. The Morgan fingerprint density at radius 2 is 1.77 bits per heavy atom. The molecular weight excluding hydrogens is 378 g/mol. The van der Waals surface area contributed by atoms with Crippen LogP contribution in [-0.2, 0) is 6.18 Å². The maximum Gasteiger partial charge on any atom is 0.416 e. The van der Waals surface area contributed by atoms with Crippen molar-refractivity contribution in [3.05, 3.63) is 23.5 Å². The van der Waals surface area contributed by atoms with Crippen molar-refractivity contribution >= 4 is 34.9 Å². The fraction of sp³-hybridized carbons (Fsp3) is 0.429. The number of hydrogen-bond acceptors (Lipinski definition) is 6. The summed E-state index contributed by atoms with van der Waals surface area (Å²) in [6.45, 7) is 2.84. The number of rotatable bonds is 1. The van der Waals surface area contributed by atoms with Gasteiger partial charge in [0, 0.05) is 26.2 Å². The molecule has 3 aromatic rings. The van der Waals surface area contributed by atoms with E-state index in [0.717, 1.165) is 23.7 Å². The van der Waals surface area contributed by atoms with Gasteiger partial charge in [0.05, 0.1) is 11.1 Å². The standard InChI is InChI=1S/C14H13F4N7.ClH/c1-23-2-4-24(5-3-23)12-13-20-21-22-25(13)10-7-8(14(16,17)18)6-9(15)11(10)19-12;/h6-7H,2-5H2,1H3;1H. The first kappa shape index (κ1) is 18.5. The van der Waals surface area contributed by atoms with Gasteiger partial charge in [0.25, 0.3) is 0 Å². The first-order valence-electron chi connectivity index (χ1n) is 7.56. The van der Waals surface area contributed by atoms with Gasteiger partial charge in [-0.05, 0) is 29.6 Å². The topological polar surface area (TPSA) is 62.5 Å². The molecular formula is C14H14ClF4N7. The van der Waals surface area contributed by atoms with Gasteiger partial charge < -0.3 is 9.80 Å². The van der Waals surface area contributed by atoms with Crippen LogP contribution in [0.25, 0.3) is 16.7 Å². The third-order valence-electron chi connectivity index (χ3n) is 4.29. The van der Waals surface area contributed by atoms with Crippen molar-refractivity contribution in [1.82, 2.24) is 29.9 Å². The number of tetrazole rings is 1. The van der Waals surface area contributed by atoms with E-state index in [1.165, 1.54) is 0 Å². The smallest absolute Gasteiger partial charge is 0.351 e. The lowest BCUT2D eigenvalue weighted by Gasteiger charge is -2.33. The van der Waals surface area contributed by atoms with E-state index in [1.54, 1.807) is 0 Å². The number of piperazine rings is 1. The molecule has 26 heavy (non-hydrogen) atoms.